The first kappa shape index (κ1) is 16.0. The Morgan fingerprint density at radius 2 is 2.19 bits per heavy atom. The molecule has 2 N–H and O–H groups in total. The molecule has 0 bridgehead atoms. The van der Waals surface area contributed by atoms with Gasteiger partial charge in [-0.1, -0.05) is 6.42 Å². The molecular formula is C13H22N4O3S. The van der Waals surface area contributed by atoms with Gasteiger partial charge in [0, 0.05) is 32.8 Å². The third-order valence-corrected chi connectivity index (χ3v) is 5.15. The van der Waals surface area contributed by atoms with Gasteiger partial charge in [-0.3, -0.25) is 4.79 Å². The number of rotatable bonds is 7. The maximum absolute atomic E-state index is 12.0. The van der Waals surface area contributed by atoms with E-state index in [9.17, 15) is 13.2 Å². The number of hydrogen-bond donors (Lipinski definition) is 2. The molecule has 0 aliphatic heterocycles. The Hall–Kier alpha value is -1.41. The summed E-state index contributed by atoms with van der Waals surface area (Å²) in [6, 6.07) is 0. The average molecular weight is 314 g/mol. The molecule has 0 saturated heterocycles. The second-order valence-corrected chi connectivity index (χ2v) is 7.20. The van der Waals surface area contributed by atoms with Crippen molar-refractivity contribution in [3.8, 4) is 0 Å². The lowest BCUT2D eigenvalue weighted by Crippen LogP contribution is -2.35. The van der Waals surface area contributed by atoms with E-state index in [4.69, 9.17) is 0 Å². The minimum Gasteiger partial charge on any atom is -0.356 e. The zero-order chi connectivity index (χ0) is 15.5. The van der Waals surface area contributed by atoms with Crippen LogP contribution in [0.2, 0.25) is 0 Å². The molecule has 1 heterocycles. The number of imidazole rings is 1. The first-order valence-corrected chi connectivity index (χ1v) is 8.63. The molecule has 0 atom stereocenters. The zero-order valence-electron chi connectivity index (χ0n) is 12.4. The number of aromatic nitrogens is 2. The fourth-order valence-corrected chi connectivity index (χ4v) is 3.14. The van der Waals surface area contributed by atoms with Crippen molar-refractivity contribution in [2.75, 3.05) is 13.1 Å². The first-order valence-electron chi connectivity index (χ1n) is 7.15. The quantitative estimate of drug-likeness (QED) is 0.757. The highest BCUT2D eigenvalue weighted by Crippen LogP contribution is 2.25. The van der Waals surface area contributed by atoms with Crippen LogP contribution in [0.3, 0.4) is 0 Å². The van der Waals surface area contributed by atoms with E-state index >= 15 is 0 Å². The minimum absolute atomic E-state index is 0.0163. The summed E-state index contributed by atoms with van der Waals surface area (Å²) in [5.74, 6) is 1.09. The third-order valence-electron chi connectivity index (χ3n) is 3.82. The molecule has 2 rings (SSSR count). The van der Waals surface area contributed by atoms with E-state index in [2.05, 4.69) is 15.0 Å². The van der Waals surface area contributed by atoms with Gasteiger partial charge in [-0.2, -0.15) is 0 Å². The third kappa shape index (κ3) is 4.28. The molecule has 8 heteroatoms. The molecule has 1 amide bonds. The fraction of sp³-hybridized carbons (Fsp3) is 0.692. The van der Waals surface area contributed by atoms with Gasteiger partial charge in [0.25, 0.3) is 10.0 Å². The topological polar surface area (TPSA) is 93.1 Å². The highest BCUT2D eigenvalue weighted by atomic mass is 32.2. The summed E-state index contributed by atoms with van der Waals surface area (Å²) < 4.78 is 28.0. The first-order chi connectivity index (χ1) is 9.88. The Balaban J connectivity index is 1.75. The second kappa shape index (κ2) is 6.57. The normalized spacial score (nSPS) is 15.7. The largest absolute Gasteiger partial charge is 0.356 e. The predicted molar refractivity (Wildman–Crippen MR) is 78.1 cm³/mol. The van der Waals surface area contributed by atoms with Crippen molar-refractivity contribution in [2.45, 2.75) is 37.6 Å². The lowest BCUT2D eigenvalue weighted by atomic mass is 9.85. The highest BCUT2D eigenvalue weighted by Gasteiger charge is 2.19. The number of aryl methyl sites for hydroxylation is 2. The molecule has 1 aromatic rings. The van der Waals surface area contributed by atoms with Gasteiger partial charge in [-0.15, -0.1) is 0 Å². The standard InChI is InChI=1S/C13H22N4O3S/c1-10-16-13(9-17(10)2)21(19,20)15-7-6-12(18)14-8-11-4-3-5-11/h9,11,15H,3-8H2,1-2H3,(H,14,18). The average Bonchev–Trinajstić information content (AvgIpc) is 2.68. The van der Waals surface area contributed by atoms with E-state index in [1.165, 1.54) is 25.5 Å². The van der Waals surface area contributed by atoms with Crippen molar-refractivity contribution >= 4 is 15.9 Å². The van der Waals surface area contributed by atoms with Crippen LogP contribution in [0.4, 0.5) is 0 Å². The Labute approximate surface area is 125 Å². The van der Waals surface area contributed by atoms with Crippen molar-refractivity contribution < 1.29 is 13.2 Å². The van der Waals surface area contributed by atoms with E-state index in [0.717, 1.165) is 0 Å². The molecular weight excluding hydrogens is 292 g/mol. The summed E-state index contributed by atoms with van der Waals surface area (Å²) in [6.45, 7) is 2.51. The van der Waals surface area contributed by atoms with Crippen molar-refractivity contribution in [2.24, 2.45) is 13.0 Å². The zero-order valence-corrected chi connectivity index (χ0v) is 13.2. The molecule has 1 aliphatic rings. The summed E-state index contributed by atoms with van der Waals surface area (Å²) in [7, 11) is -1.91. The molecule has 21 heavy (non-hydrogen) atoms. The van der Waals surface area contributed by atoms with E-state index in [1.807, 2.05) is 0 Å². The maximum Gasteiger partial charge on any atom is 0.259 e. The summed E-state index contributed by atoms with van der Waals surface area (Å²) in [5, 5.41) is 2.81. The number of hydrogen-bond acceptors (Lipinski definition) is 4. The molecule has 0 unspecified atom stereocenters. The summed E-state index contributed by atoms with van der Waals surface area (Å²) in [5.41, 5.74) is 0. The van der Waals surface area contributed by atoms with Crippen LogP contribution < -0.4 is 10.0 Å². The minimum atomic E-state index is -3.64. The van der Waals surface area contributed by atoms with Crippen molar-refractivity contribution in [3.05, 3.63) is 12.0 Å². The Kier molecular flexibility index (Phi) is 5.00. The Morgan fingerprint density at radius 3 is 2.71 bits per heavy atom. The number of sulfonamides is 1. The van der Waals surface area contributed by atoms with Gasteiger partial charge in [0.2, 0.25) is 5.91 Å². The van der Waals surface area contributed by atoms with Crippen LogP contribution in [-0.4, -0.2) is 37.0 Å². The number of amides is 1. The van der Waals surface area contributed by atoms with Crippen molar-refractivity contribution in [1.82, 2.24) is 19.6 Å². The van der Waals surface area contributed by atoms with E-state index in [1.54, 1.807) is 18.5 Å². The van der Waals surface area contributed by atoms with E-state index < -0.39 is 10.0 Å². The molecule has 7 nitrogen and oxygen atoms in total. The molecule has 1 aliphatic carbocycles. The van der Waals surface area contributed by atoms with Gasteiger partial charge in [-0.05, 0) is 25.7 Å². The summed E-state index contributed by atoms with van der Waals surface area (Å²) >= 11 is 0. The van der Waals surface area contributed by atoms with Gasteiger partial charge in [0.15, 0.2) is 5.03 Å². The van der Waals surface area contributed by atoms with Crippen LogP contribution in [0.15, 0.2) is 11.2 Å². The second-order valence-electron chi connectivity index (χ2n) is 5.49. The van der Waals surface area contributed by atoms with Gasteiger partial charge in [0.05, 0.1) is 0 Å². The summed E-state index contributed by atoms with van der Waals surface area (Å²) in [4.78, 5) is 15.6. The fourth-order valence-electron chi connectivity index (χ4n) is 2.07. The van der Waals surface area contributed by atoms with Crippen LogP contribution in [0.5, 0.6) is 0 Å². The van der Waals surface area contributed by atoms with Crippen LogP contribution in [-0.2, 0) is 21.9 Å². The predicted octanol–water partition coefficient (Wildman–Crippen LogP) is 0.313. The van der Waals surface area contributed by atoms with Gasteiger partial charge >= 0.3 is 0 Å². The number of carbonyl (C=O) groups is 1. The highest BCUT2D eigenvalue weighted by molar-refractivity contribution is 7.89. The van der Waals surface area contributed by atoms with Crippen LogP contribution in [0, 0.1) is 12.8 Å². The van der Waals surface area contributed by atoms with Crippen molar-refractivity contribution in [1.29, 1.82) is 0 Å². The molecule has 1 saturated carbocycles. The molecule has 1 aromatic heterocycles. The van der Waals surface area contributed by atoms with Crippen LogP contribution in [0.25, 0.3) is 0 Å². The smallest absolute Gasteiger partial charge is 0.259 e. The van der Waals surface area contributed by atoms with Crippen molar-refractivity contribution in [3.63, 3.8) is 0 Å². The monoisotopic (exact) mass is 314 g/mol. The van der Waals surface area contributed by atoms with E-state index in [-0.39, 0.29) is 23.9 Å². The van der Waals surface area contributed by atoms with Gasteiger partial charge in [-0.25, -0.2) is 18.1 Å². The maximum atomic E-state index is 12.0. The molecule has 0 aromatic carbocycles. The molecule has 1 fully saturated rings. The Bertz CT molecular complexity index is 585. The molecule has 118 valence electrons. The van der Waals surface area contributed by atoms with Crippen LogP contribution >= 0.6 is 0 Å². The van der Waals surface area contributed by atoms with Crippen LogP contribution in [0.1, 0.15) is 31.5 Å². The molecule has 0 spiro atoms. The van der Waals surface area contributed by atoms with Gasteiger partial charge in [0.1, 0.15) is 5.82 Å². The Morgan fingerprint density at radius 1 is 1.48 bits per heavy atom. The summed E-state index contributed by atoms with van der Waals surface area (Å²) in [6.07, 6.45) is 5.17. The van der Waals surface area contributed by atoms with Gasteiger partial charge < -0.3 is 9.88 Å². The number of nitrogens with one attached hydrogen (secondary N) is 2. The SMILES string of the molecule is Cc1nc(S(=O)(=O)NCCC(=O)NCC2CCC2)cn1C. The lowest BCUT2D eigenvalue weighted by molar-refractivity contribution is -0.121. The number of carbonyl (C=O) groups excluding carboxylic acids is 1. The number of nitrogens with zero attached hydrogens (tertiary/aromatic N) is 2. The molecule has 0 radical (unpaired) electrons. The van der Waals surface area contributed by atoms with E-state index in [0.29, 0.717) is 18.3 Å². The lowest BCUT2D eigenvalue weighted by Gasteiger charge is -2.25.